The molecule has 1 heterocycles. The lowest BCUT2D eigenvalue weighted by molar-refractivity contribution is 0.0904. The van der Waals surface area contributed by atoms with Crippen molar-refractivity contribution < 1.29 is 14.3 Å². The number of ketones is 1. The Bertz CT molecular complexity index is 764. The van der Waals surface area contributed by atoms with Crippen LogP contribution in [0.2, 0.25) is 0 Å². The monoisotopic (exact) mass is 294 g/mol. The topological polar surface area (TPSA) is 76.2 Å². The van der Waals surface area contributed by atoms with Crippen LogP contribution in [0.4, 0.5) is 0 Å². The van der Waals surface area contributed by atoms with Crippen molar-refractivity contribution in [1.82, 2.24) is 10.2 Å². The highest BCUT2D eigenvalue weighted by atomic mass is 16.4. The zero-order valence-corrected chi connectivity index (χ0v) is 11.8. The van der Waals surface area contributed by atoms with Crippen LogP contribution < -0.4 is 0 Å². The number of aromatic nitrogens is 2. The predicted octanol–water partition coefficient (Wildman–Crippen LogP) is 2.50. The molecule has 0 atom stereocenters. The summed E-state index contributed by atoms with van der Waals surface area (Å²) in [4.78, 5) is 11.4. The highest BCUT2D eigenvalue weighted by Crippen LogP contribution is 2.18. The Morgan fingerprint density at radius 3 is 2.41 bits per heavy atom. The highest BCUT2D eigenvalue weighted by molar-refractivity contribution is 5.96. The van der Waals surface area contributed by atoms with Gasteiger partial charge in [-0.25, -0.2) is 0 Å². The Morgan fingerprint density at radius 1 is 1.00 bits per heavy atom. The normalized spacial score (nSPS) is 10.6. The molecule has 0 saturated carbocycles. The first-order chi connectivity index (χ1) is 10.8. The fraction of sp³-hybridized carbons (Fsp3) is 0.118. The lowest BCUT2D eigenvalue weighted by Gasteiger charge is -2.00. The Balaban J connectivity index is 1.74. The maximum Gasteiger partial charge on any atom is 0.247 e. The molecule has 0 aliphatic rings. The summed E-state index contributed by atoms with van der Waals surface area (Å²) in [5.74, 6) is 0.707. The van der Waals surface area contributed by atoms with Crippen LogP contribution >= 0.6 is 0 Å². The van der Waals surface area contributed by atoms with Gasteiger partial charge in [-0.2, -0.15) is 0 Å². The average Bonchev–Trinajstić information content (AvgIpc) is 3.04. The number of aliphatic hydroxyl groups excluding tert-OH is 1. The van der Waals surface area contributed by atoms with Crippen molar-refractivity contribution in [3.05, 3.63) is 71.6 Å². The van der Waals surface area contributed by atoms with Gasteiger partial charge in [0, 0.05) is 11.1 Å². The first-order valence-corrected chi connectivity index (χ1v) is 6.87. The quantitative estimate of drug-likeness (QED) is 0.732. The van der Waals surface area contributed by atoms with Gasteiger partial charge >= 0.3 is 0 Å². The highest BCUT2D eigenvalue weighted by Gasteiger charge is 2.09. The number of Topliss-reactive ketones (excluding diaryl/α,β-unsaturated/α-hetero) is 1. The zero-order valence-electron chi connectivity index (χ0n) is 11.8. The number of hydrogen-bond donors (Lipinski definition) is 1. The second-order valence-electron chi connectivity index (χ2n) is 4.82. The van der Waals surface area contributed by atoms with Gasteiger partial charge < -0.3 is 9.52 Å². The molecular weight excluding hydrogens is 280 g/mol. The Hall–Kier alpha value is -2.79. The third kappa shape index (κ3) is 3.10. The number of benzene rings is 2. The summed E-state index contributed by atoms with van der Waals surface area (Å²) in [6.07, 6.45) is 0.493. The summed E-state index contributed by atoms with van der Waals surface area (Å²) in [6.45, 7) is -0.483. The van der Waals surface area contributed by atoms with E-state index in [0.717, 1.165) is 11.1 Å². The van der Waals surface area contributed by atoms with Gasteiger partial charge in [0.05, 0.1) is 6.42 Å². The van der Waals surface area contributed by atoms with E-state index >= 15 is 0 Å². The van der Waals surface area contributed by atoms with E-state index in [4.69, 9.17) is 9.52 Å². The summed E-state index contributed by atoms with van der Waals surface area (Å²) in [6, 6.07) is 16.6. The fourth-order valence-electron chi connectivity index (χ4n) is 2.10. The Labute approximate surface area is 127 Å². The molecule has 3 rings (SSSR count). The van der Waals surface area contributed by atoms with E-state index in [-0.39, 0.29) is 5.78 Å². The third-order valence-corrected chi connectivity index (χ3v) is 3.26. The van der Waals surface area contributed by atoms with Gasteiger partial charge in [0.1, 0.15) is 6.61 Å². The molecule has 0 aliphatic carbocycles. The number of aliphatic hydroxyl groups is 1. The summed E-state index contributed by atoms with van der Waals surface area (Å²) in [5.41, 5.74) is 2.32. The minimum Gasteiger partial charge on any atom is -0.420 e. The molecule has 0 saturated heterocycles. The first-order valence-electron chi connectivity index (χ1n) is 6.87. The van der Waals surface area contributed by atoms with E-state index < -0.39 is 6.61 Å². The van der Waals surface area contributed by atoms with Gasteiger partial charge in [0.2, 0.25) is 11.8 Å². The predicted molar refractivity (Wildman–Crippen MR) is 80.4 cm³/mol. The molecule has 110 valence electrons. The smallest absolute Gasteiger partial charge is 0.247 e. The van der Waals surface area contributed by atoms with Crippen LogP contribution in [0, 0.1) is 0 Å². The standard InChI is InChI=1S/C17H14N2O3/c20-11-15(21)13-8-6-12(7-9-13)10-16-18-19-17(22-16)14-4-2-1-3-5-14/h1-9,20H,10-11H2. The van der Waals surface area contributed by atoms with Crippen molar-refractivity contribution in [3.8, 4) is 11.5 Å². The molecule has 0 radical (unpaired) electrons. The van der Waals surface area contributed by atoms with Crippen molar-refractivity contribution >= 4 is 5.78 Å². The van der Waals surface area contributed by atoms with Gasteiger partial charge in [-0.1, -0.05) is 42.5 Å². The number of nitrogens with zero attached hydrogens (tertiary/aromatic N) is 2. The Morgan fingerprint density at radius 2 is 1.73 bits per heavy atom. The molecule has 5 heteroatoms. The minimum atomic E-state index is -0.483. The first kappa shape index (κ1) is 14.2. The number of hydrogen-bond acceptors (Lipinski definition) is 5. The second kappa shape index (κ2) is 6.32. The van der Waals surface area contributed by atoms with Crippen LogP contribution in [-0.4, -0.2) is 27.7 Å². The van der Waals surface area contributed by atoms with Crippen molar-refractivity contribution in [2.45, 2.75) is 6.42 Å². The van der Waals surface area contributed by atoms with Crippen molar-refractivity contribution in [2.75, 3.05) is 6.61 Å². The van der Waals surface area contributed by atoms with Crippen LogP contribution in [0.3, 0.4) is 0 Å². The van der Waals surface area contributed by atoms with E-state index in [2.05, 4.69) is 10.2 Å². The van der Waals surface area contributed by atoms with Crippen molar-refractivity contribution in [3.63, 3.8) is 0 Å². The van der Waals surface area contributed by atoms with Crippen LogP contribution in [0.1, 0.15) is 21.8 Å². The van der Waals surface area contributed by atoms with Crippen molar-refractivity contribution in [2.24, 2.45) is 0 Å². The minimum absolute atomic E-state index is 0.296. The van der Waals surface area contributed by atoms with E-state index in [0.29, 0.717) is 23.8 Å². The Kier molecular flexibility index (Phi) is 4.07. The molecule has 0 fully saturated rings. The van der Waals surface area contributed by atoms with Gasteiger partial charge in [0.25, 0.3) is 0 Å². The van der Waals surface area contributed by atoms with E-state index in [1.807, 2.05) is 42.5 Å². The molecule has 3 aromatic rings. The molecule has 1 N–H and O–H groups in total. The molecular formula is C17H14N2O3. The second-order valence-corrected chi connectivity index (χ2v) is 4.82. The maximum absolute atomic E-state index is 11.4. The zero-order chi connectivity index (χ0) is 15.4. The molecule has 0 aliphatic heterocycles. The molecule has 0 amide bonds. The molecule has 0 unspecified atom stereocenters. The summed E-state index contributed by atoms with van der Waals surface area (Å²) >= 11 is 0. The van der Waals surface area contributed by atoms with Gasteiger partial charge in [-0.3, -0.25) is 4.79 Å². The van der Waals surface area contributed by atoms with Crippen LogP contribution in [-0.2, 0) is 6.42 Å². The fourth-order valence-corrected chi connectivity index (χ4v) is 2.10. The summed E-state index contributed by atoms with van der Waals surface area (Å²) in [7, 11) is 0. The molecule has 5 nitrogen and oxygen atoms in total. The lowest BCUT2D eigenvalue weighted by Crippen LogP contribution is -2.04. The molecule has 2 aromatic carbocycles. The van der Waals surface area contributed by atoms with Crippen molar-refractivity contribution in [1.29, 1.82) is 0 Å². The lowest BCUT2D eigenvalue weighted by atomic mass is 10.1. The summed E-state index contributed by atoms with van der Waals surface area (Å²) < 4.78 is 5.64. The van der Waals surface area contributed by atoms with E-state index in [1.165, 1.54) is 0 Å². The maximum atomic E-state index is 11.4. The molecule has 0 spiro atoms. The molecule has 22 heavy (non-hydrogen) atoms. The molecule has 1 aromatic heterocycles. The van der Waals surface area contributed by atoms with Crippen LogP contribution in [0.5, 0.6) is 0 Å². The van der Waals surface area contributed by atoms with Gasteiger partial charge in [0.15, 0.2) is 5.78 Å². The summed E-state index contributed by atoms with van der Waals surface area (Å²) in [5, 5.41) is 16.9. The van der Waals surface area contributed by atoms with Crippen LogP contribution in [0.25, 0.3) is 11.5 Å². The third-order valence-electron chi connectivity index (χ3n) is 3.26. The number of carbonyl (C=O) groups excluding carboxylic acids is 1. The van der Waals surface area contributed by atoms with Gasteiger partial charge in [-0.05, 0) is 17.7 Å². The largest absolute Gasteiger partial charge is 0.420 e. The van der Waals surface area contributed by atoms with E-state index in [9.17, 15) is 4.79 Å². The number of rotatable bonds is 5. The number of carbonyl (C=O) groups is 1. The van der Waals surface area contributed by atoms with Gasteiger partial charge in [-0.15, -0.1) is 10.2 Å². The SMILES string of the molecule is O=C(CO)c1ccc(Cc2nnc(-c3ccccc3)o2)cc1. The van der Waals surface area contributed by atoms with E-state index in [1.54, 1.807) is 12.1 Å². The average molecular weight is 294 g/mol. The van der Waals surface area contributed by atoms with Crippen LogP contribution in [0.15, 0.2) is 59.0 Å². The molecule has 0 bridgehead atoms.